The number of fused-ring (bicyclic) bond motifs is 1. The predicted octanol–water partition coefficient (Wildman–Crippen LogP) is 2.68. The van der Waals surface area contributed by atoms with E-state index < -0.39 is 11.9 Å². The molecule has 3 rings (SSSR count). The Morgan fingerprint density at radius 1 is 0.935 bits per heavy atom. The molecule has 0 saturated carbocycles. The molecule has 0 spiro atoms. The van der Waals surface area contributed by atoms with Crippen molar-refractivity contribution in [3.63, 3.8) is 0 Å². The summed E-state index contributed by atoms with van der Waals surface area (Å²) < 4.78 is 9.48. The third kappa shape index (κ3) is 5.07. The molecule has 31 heavy (non-hydrogen) atoms. The molecule has 0 radical (unpaired) electrons. The van der Waals surface area contributed by atoms with E-state index in [1.54, 1.807) is 0 Å². The molecule has 3 N–H and O–H groups in total. The monoisotopic (exact) mass is 421 g/mol. The van der Waals surface area contributed by atoms with Crippen molar-refractivity contribution in [3.8, 4) is 0 Å². The van der Waals surface area contributed by atoms with Crippen molar-refractivity contribution >= 4 is 34.3 Å². The maximum absolute atomic E-state index is 12.6. The number of nitrogens with two attached hydrogens (primary N) is 1. The first-order valence-electron chi connectivity index (χ1n) is 9.86. The van der Waals surface area contributed by atoms with Crippen LogP contribution in [0.4, 0.5) is 5.69 Å². The molecule has 0 bridgehead atoms. The molecular weight excluding hydrogens is 396 g/mol. The molecule has 3 aromatic rings. The predicted molar refractivity (Wildman–Crippen MR) is 117 cm³/mol. The van der Waals surface area contributed by atoms with E-state index in [0.29, 0.717) is 0 Å². The first-order chi connectivity index (χ1) is 14.9. The SMILES string of the molecule is COC(=O)c1ccc(C(=O)OC)c(NC(=O)C[NH2+][C@@H](C)c2cccc3ccccc23)c1. The summed E-state index contributed by atoms with van der Waals surface area (Å²) >= 11 is 0. The van der Waals surface area contributed by atoms with Gasteiger partial charge < -0.3 is 20.1 Å². The fourth-order valence-electron chi connectivity index (χ4n) is 3.44. The fraction of sp³-hybridized carbons (Fsp3) is 0.208. The van der Waals surface area contributed by atoms with Gasteiger partial charge in [0.25, 0.3) is 5.91 Å². The Hall–Kier alpha value is -3.71. The van der Waals surface area contributed by atoms with Crippen LogP contribution >= 0.6 is 0 Å². The van der Waals surface area contributed by atoms with Gasteiger partial charge in [-0.1, -0.05) is 42.5 Å². The lowest BCUT2D eigenvalue weighted by Gasteiger charge is -2.15. The van der Waals surface area contributed by atoms with Crippen molar-refractivity contribution in [2.24, 2.45) is 0 Å². The molecule has 0 saturated heterocycles. The second-order valence-electron chi connectivity index (χ2n) is 7.09. The highest BCUT2D eigenvalue weighted by atomic mass is 16.5. The van der Waals surface area contributed by atoms with E-state index >= 15 is 0 Å². The Bertz CT molecular complexity index is 1120. The van der Waals surface area contributed by atoms with Gasteiger partial charge in [-0.05, 0) is 35.9 Å². The first-order valence-corrected chi connectivity index (χ1v) is 9.86. The number of rotatable bonds is 7. The Morgan fingerprint density at radius 3 is 2.39 bits per heavy atom. The van der Waals surface area contributed by atoms with Crippen molar-refractivity contribution in [2.75, 3.05) is 26.1 Å². The number of methoxy groups -OCH3 is 2. The summed E-state index contributed by atoms with van der Waals surface area (Å²) in [6.45, 7) is 2.17. The fourth-order valence-corrected chi connectivity index (χ4v) is 3.44. The van der Waals surface area contributed by atoms with Gasteiger partial charge in [0.05, 0.1) is 31.0 Å². The van der Waals surface area contributed by atoms with Crippen molar-refractivity contribution in [1.29, 1.82) is 0 Å². The summed E-state index contributed by atoms with van der Waals surface area (Å²) in [6, 6.07) is 18.5. The molecule has 1 amide bonds. The van der Waals surface area contributed by atoms with Gasteiger partial charge in [0, 0.05) is 5.56 Å². The van der Waals surface area contributed by atoms with Crippen LogP contribution in [0.25, 0.3) is 10.8 Å². The van der Waals surface area contributed by atoms with Crippen LogP contribution in [0.1, 0.15) is 39.2 Å². The second-order valence-corrected chi connectivity index (χ2v) is 7.09. The largest absolute Gasteiger partial charge is 0.465 e. The quantitative estimate of drug-likeness (QED) is 0.572. The number of carbonyl (C=O) groups excluding carboxylic acids is 3. The summed E-state index contributed by atoms with van der Waals surface area (Å²) in [6.07, 6.45) is 0. The van der Waals surface area contributed by atoms with Gasteiger partial charge in [0.2, 0.25) is 0 Å². The highest BCUT2D eigenvalue weighted by Gasteiger charge is 2.19. The van der Waals surface area contributed by atoms with Gasteiger partial charge in [0.1, 0.15) is 6.04 Å². The molecule has 0 aliphatic heterocycles. The molecule has 0 aliphatic rings. The van der Waals surface area contributed by atoms with E-state index in [2.05, 4.69) is 29.6 Å². The molecule has 0 aromatic heterocycles. The van der Waals surface area contributed by atoms with Crippen molar-refractivity contribution in [2.45, 2.75) is 13.0 Å². The molecular formula is C24H25N2O5+. The smallest absolute Gasteiger partial charge is 0.339 e. The second kappa shape index (κ2) is 9.86. The summed E-state index contributed by atoms with van der Waals surface area (Å²) in [5, 5.41) is 6.92. The van der Waals surface area contributed by atoms with Crippen LogP contribution in [0.2, 0.25) is 0 Å². The Labute approximate surface area is 180 Å². The maximum atomic E-state index is 12.6. The minimum atomic E-state index is -0.611. The van der Waals surface area contributed by atoms with Crippen LogP contribution in [0, 0.1) is 0 Å². The van der Waals surface area contributed by atoms with Crippen LogP contribution < -0.4 is 10.6 Å². The van der Waals surface area contributed by atoms with Crippen LogP contribution in [-0.2, 0) is 14.3 Å². The molecule has 7 heteroatoms. The molecule has 0 unspecified atom stereocenters. The zero-order valence-corrected chi connectivity index (χ0v) is 17.7. The van der Waals surface area contributed by atoms with Crippen LogP contribution in [0.5, 0.6) is 0 Å². The van der Waals surface area contributed by atoms with E-state index in [4.69, 9.17) is 9.47 Å². The lowest BCUT2D eigenvalue weighted by atomic mass is 10.00. The Kier molecular flexibility index (Phi) is 6.99. The number of ether oxygens (including phenoxy) is 2. The average molecular weight is 421 g/mol. The number of hydrogen-bond acceptors (Lipinski definition) is 5. The normalized spacial score (nSPS) is 11.6. The minimum Gasteiger partial charge on any atom is -0.465 e. The number of quaternary nitrogens is 1. The topological polar surface area (TPSA) is 98.3 Å². The molecule has 0 aliphatic carbocycles. The third-order valence-corrected chi connectivity index (χ3v) is 5.09. The molecule has 0 fully saturated rings. The molecule has 160 valence electrons. The Morgan fingerprint density at radius 2 is 1.65 bits per heavy atom. The summed E-state index contributed by atoms with van der Waals surface area (Å²) in [5.74, 6) is -1.48. The van der Waals surface area contributed by atoms with Gasteiger partial charge >= 0.3 is 11.9 Å². The Balaban J connectivity index is 1.74. The highest BCUT2D eigenvalue weighted by molar-refractivity contribution is 6.03. The van der Waals surface area contributed by atoms with Gasteiger partial charge in [-0.2, -0.15) is 0 Å². The van der Waals surface area contributed by atoms with Gasteiger partial charge in [-0.15, -0.1) is 0 Å². The number of nitrogens with one attached hydrogen (secondary N) is 1. The van der Waals surface area contributed by atoms with E-state index in [1.807, 2.05) is 30.4 Å². The molecule has 0 heterocycles. The maximum Gasteiger partial charge on any atom is 0.339 e. The number of esters is 2. The number of hydrogen-bond donors (Lipinski definition) is 2. The number of anilines is 1. The lowest BCUT2D eigenvalue weighted by molar-refractivity contribution is -0.682. The summed E-state index contributed by atoms with van der Waals surface area (Å²) in [7, 11) is 2.51. The molecule has 1 atom stereocenters. The van der Waals surface area contributed by atoms with E-state index in [9.17, 15) is 14.4 Å². The van der Waals surface area contributed by atoms with E-state index in [1.165, 1.54) is 32.4 Å². The van der Waals surface area contributed by atoms with Gasteiger partial charge in [-0.3, -0.25) is 4.79 Å². The minimum absolute atomic E-state index is 0.0401. The highest BCUT2D eigenvalue weighted by Crippen LogP contribution is 2.22. The summed E-state index contributed by atoms with van der Waals surface area (Å²) in [4.78, 5) is 36.5. The first kappa shape index (κ1) is 22.0. The van der Waals surface area contributed by atoms with Crippen molar-refractivity contribution < 1.29 is 29.2 Å². The van der Waals surface area contributed by atoms with Crippen LogP contribution in [-0.4, -0.2) is 38.6 Å². The standard InChI is InChI=1S/C24H24N2O5/c1-15(18-10-6-8-16-7-4-5-9-19(16)18)25-14-22(27)26-21-13-17(23(28)30-2)11-12-20(21)24(29)31-3/h4-13,15,25H,14H2,1-3H3,(H,26,27)/p+1/t15-/m0/s1. The van der Waals surface area contributed by atoms with E-state index in [0.717, 1.165) is 16.3 Å². The van der Waals surface area contributed by atoms with Crippen molar-refractivity contribution in [1.82, 2.24) is 0 Å². The number of amides is 1. The van der Waals surface area contributed by atoms with Crippen molar-refractivity contribution in [3.05, 3.63) is 77.4 Å². The van der Waals surface area contributed by atoms with Crippen LogP contribution in [0.3, 0.4) is 0 Å². The number of carbonyl (C=O) groups is 3. The molecule has 3 aromatic carbocycles. The van der Waals surface area contributed by atoms with Crippen LogP contribution in [0.15, 0.2) is 60.7 Å². The number of benzene rings is 3. The average Bonchev–Trinajstić information content (AvgIpc) is 2.81. The van der Waals surface area contributed by atoms with Gasteiger partial charge in [-0.25, -0.2) is 9.59 Å². The van der Waals surface area contributed by atoms with Gasteiger partial charge in [0.15, 0.2) is 6.54 Å². The lowest BCUT2D eigenvalue weighted by Crippen LogP contribution is -2.86. The zero-order valence-electron chi connectivity index (χ0n) is 17.7. The van der Waals surface area contributed by atoms with E-state index in [-0.39, 0.29) is 35.3 Å². The third-order valence-electron chi connectivity index (χ3n) is 5.09. The summed E-state index contributed by atoms with van der Waals surface area (Å²) in [5.41, 5.74) is 1.71. The zero-order chi connectivity index (χ0) is 22.4. The molecule has 7 nitrogen and oxygen atoms in total.